The van der Waals surface area contributed by atoms with Crippen molar-refractivity contribution in [3.8, 4) is 5.75 Å². The van der Waals surface area contributed by atoms with Crippen molar-refractivity contribution in [3.63, 3.8) is 0 Å². The van der Waals surface area contributed by atoms with Gasteiger partial charge in [0.05, 0.1) is 34.1 Å². The van der Waals surface area contributed by atoms with Crippen LogP contribution in [0, 0.1) is 6.92 Å². The van der Waals surface area contributed by atoms with E-state index in [1.54, 1.807) is 37.4 Å². The zero-order chi connectivity index (χ0) is 27.0. The van der Waals surface area contributed by atoms with Crippen LogP contribution in [0.4, 0.5) is 39.8 Å². The van der Waals surface area contributed by atoms with Gasteiger partial charge in [-0.25, -0.2) is 0 Å². The van der Waals surface area contributed by atoms with Crippen LogP contribution in [0.3, 0.4) is 0 Å². The van der Waals surface area contributed by atoms with E-state index < -0.39 is 0 Å². The normalized spacial score (nSPS) is 12.1. The van der Waals surface area contributed by atoms with Crippen LogP contribution >= 0.6 is 0 Å². The lowest BCUT2D eigenvalue weighted by Gasteiger charge is -2.04. The number of aryl methyl sites for hydroxylation is 1. The van der Waals surface area contributed by atoms with Gasteiger partial charge in [-0.1, -0.05) is 29.8 Å². The van der Waals surface area contributed by atoms with Gasteiger partial charge in [0.2, 0.25) is 0 Å². The fraction of sp³-hybridized carbons (Fsp3) is 0.0667. The fourth-order valence-corrected chi connectivity index (χ4v) is 3.72. The maximum atomic E-state index is 10.6. The van der Waals surface area contributed by atoms with E-state index in [0.717, 1.165) is 27.7 Å². The molecule has 0 heterocycles. The summed E-state index contributed by atoms with van der Waals surface area (Å²) in [5, 5.41) is 45.5. The Kier molecular flexibility index (Phi) is 7.59. The van der Waals surface area contributed by atoms with E-state index in [2.05, 4.69) is 40.9 Å². The summed E-state index contributed by atoms with van der Waals surface area (Å²) >= 11 is 0. The smallest absolute Gasteiger partial charge is 0.150 e. The van der Waals surface area contributed by atoms with Crippen LogP contribution in [0.25, 0.3) is 10.8 Å². The highest BCUT2D eigenvalue weighted by Gasteiger charge is 2.06. The molecule has 9 nitrogen and oxygen atoms in total. The molecule has 0 aliphatic heterocycles. The summed E-state index contributed by atoms with van der Waals surface area (Å²) in [6, 6.07) is 31.3. The molecule has 0 amide bonds. The third-order valence-corrected chi connectivity index (χ3v) is 5.73. The second-order valence-electron chi connectivity index (χ2n) is 8.61. The number of rotatable bonds is 7. The first-order valence-electron chi connectivity index (χ1n) is 12.1. The van der Waals surface area contributed by atoms with Crippen LogP contribution in [0.2, 0.25) is 0 Å². The average molecular weight is 513 g/mol. The van der Waals surface area contributed by atoms with Crippen molar-refractivity contribution in [1.29, 1.82) is 0 Å². The summed E-state index contributed by atoms with van der Waals surface area (Å²) in [7, 11) is 1.63. The highest BCUT2D eigenvalue weighted by molar-refractivity contribution is 5.92. The molecule has 0 saturated heterocycles. The van der Waals surface area contributed by atoms with E-state index in [9.17, 15) is 5.11 Å². The molecule has 0 radical (unpaired) electrons. The van der Waals surface area contributed by atoms with Crippen LogP contribution in [0.5, 0.6) is 5.75 Å². The lowest BCUT2D eigenvalue weighted by atomic mass is 10.1. The summed E-state index contributed by atoms with van der Waals surface area (Å²) in [5.74, 6) is 0.114. The molecule has 5 aromatic carbocycles. The van der Waals surface area contributed by atoms with Gasteiger partial charge in [-0.2, -0.15) is 35.8 Å². The molecular formula is C30H24N8O. The Morgan fingerprint density at radius 3 is 1.31 bits per heavy atom. The molecule has 9 heteroatoms. The van der Waals surface area contributed by atoms with Gasteiger partial charge in [0.1, 0.15) is 5.69 Å². The van der Waals surface area contributed by atoms with Gasteiger partial charge in [-0.3, -0.25) is 0 Å². The van der Waals surface area contributed by atoms with Gasteiger partial charge in [0.15, 0.2) is 5.75 Å². The fourth-order valence-electron chi connectivity index (χ4n) is 3.72. The third-order valence-electron chi connectivity index (χ3n) is 5.73. The topological polar surface area (TPSA) is 119 Å². The Labute approximate surface area is 225 Å². The van der Waals surface area contributed by atoms with Crippen molar-refractivity contribution < 1.29 is 5.11 Å². The second kappa shape index (κ2) is 11.7. The van der Waals surface area contributed by atoms with Crippen molar-refractivity contribution in [2.45, 2.75) is 6.92 Å². The minimum atomic E-state index is 0.114. The molecule has 5 aromatic rings. The van der Waals surface area contributed by atoms with Crippen molar-refractivity contribution in [1.82, 2.24) is 0 Å². The van der Waals surface area contributed by atoms with Crippen molar-refractivity contribution >= 4 is 50.6 Å². The summed E-state index contributed by atoms with van der Waals surface area (Å²) in [6.07, 6.45) is 0. The van der Waals surface area contributed by atoms with E-state index >= 15 is 0 Å². The molecule has 0 saturated carbocycles. The summed E-state index contributed by atoms with van der Waals surface area (Å²) < 4.78 is 0. The molecule has 190 valence electrons. The predicted octanol–water partition coefficient (Wildman–Crippen LogP) is 10.8. The summed E-state index contributed by atoms with van der Waals surface area (Å²) in [5.41, 5.74) is 5.73. The molecule has 0 spiro atoms. The highest BCUT2D eigenvalue weighted by Crippen LogP contribution is 2.36. The predicted molar refractivity (Wildman–Crippen MR) is 153 cm³/mol. The summed E-state index contributed by atoms with van der Waals surface area (Å²) in [4.78, 5) is 0. The average Bonchev–Trinajstić information content (AvgIpc) is 2.96. The lowest BCUT2D eigenvalue weighted by molar-refractivity contribution is 0.482. The Bertz CT molecular complexity index is 1710. The van der Waals surface area contributed by atoms with Crippen molar-refractivity contribution in [2.24, 2.45) is 40.9 Å². The Hall–Kier alpha value is -5.44. The minimum absolute atomic E-state index is 0.114. The number of hydrogen-bond acceptors (Lipinski definition) is 9. The molecule has 0 aliphatic rings. The van der Waals surface area contributed by atoms with Crippen molar-refractivity contribution in [3.05, 3.63) is 109 Å². The van der Waals surface area contributed by atoms with Gasteiger partial charge in [0.25, 0.3) is 0 Å². The van der Waals surface area contributed by atoms with E-state index in [0.29, 0.717) is 28.4 Å². The SMILES string of the molecule is CN=Nc1ccc(N=Nc2ccc(N=Nc3ccc(N=Nc4ccc5cc(C)ccc5c4O)cc3)cc2)cc1. The number of benzene rings is 5. The molecule has 5 rings (SSSR count). The van der Waals surface area contributed by atoms with Gasteiger partial charge < -0.3 is 5.11 Å². The maximum Gasteiger partial charge on any atom is 0.150 e. The van der Waals surface area contributed by atoms with Crippen LogP contribution in [0.15, 0.2) is 144 Å². The summed E-state index contributed by atoms with van der Waals surface area (Å²) in [6.45, 7) is 2.02. The number of phenolic OH excluding ortho intramolecular Hbond substituents is 1. The number of aromatic hydroxyl groups is 1. The first kappa shape index (κ1) is 25.2. The number of fused-ring (bicyclic) bond motifs is 1. The Morgan fingerprint density at radius 1 is 0.462 bits per heavy atom. The van der Waals surface area contributed by atoms with Crippen LogP contribution in [0.1, 0.15) is 5.56 Å². The molecule has 0 fully saturated rings. The minimum Gasteiger partial charge on any atom is -0.505 e. The Morgan fingerprint density at radius 2 is 0.872 bits per heavy atom. The highest BCUT2D eigenvalue weighted by atomic mass is 16.3. The first-order valence-corrected chi connectivity index (χ1v) is 12.1. The number of phenols is 1. The van der Waals surface area contributed by atoms with E-state index in [1.165, 1.54) is 0 Å². The monoisotopic (exact) mass is 512 g/mol. The van der Waals surface area contributed by atoms with Gasteiger partial charge >= 0.3 is 0 Å². The molecule has 39 heavy (non-hydrogen) atoms. The quantitative estimate of drug-likeness (QED) is 0.214. The molecule has 1 N–H and O–H groups in total. The molecule has 0 atom stereocenters. The van der Waals surface area contributed by atoms with Gasteiger partial charge in [0, 0.05) is 12.4 Å². The van der Waals surface area contributed by atoms with E-state index in [-0.39, 0.29) is 5.75 Å². The zero-order valence-corrected chi connectivity index (χ0v) is 21.3. The standard InChI is InChI=1S/C30H24N8O/c1-20-3-17-28-21(19-20)4-18-29(30(28)39)38-37-27-15-13-26(14-16-27)36-35-25-11-9-24(10-12-25)34-33-23-7-5-22(6-8-23)32-31-2/h3-19,39H,1-2H3. The number of hydrogen-bond donors (Lipinski definition) is 1. The van der Waals surface area contributed by atoms with E-state index in [1.807, 2.05) is 79.7 Å². The molecule has 0 bridgehead atoms. The molecule has 0 unspecified atom stereocenters. The van der Waals surface area contributed by atoms with E-state index in [4.69, 9.17) is 0 Å². The largest absolute Gasteiger partial charge is 0.505 e. The molecule has 0 aromatic heterocycles. The first-order chi connectivity index (χ1) is 19.1. The number of nitrogens with zero attached hydrogens (tertiary/aromatic N) is 8. The Balaban J connectivity index is 1.20. The van der Waals surface area contributed by atoms with Crippen LogP contribution in [-0.4, -0.2) is 12.2 Å². The van der Waals surface area contributed by atoms with Gasteiger partial charge in [-0.05, 0) is 91.2 Å². The molecular weight excluding hydrogens is 488 g/mol. The third kappa shape index (κ3) is 6.47. The molecule has 0 aliphatic carbocycles. The van der Waals surface area contributed by atoms with Crippen LogP contribution in [-0.2, 0) is 0 Å². The zero-order valence-electron chi connectivity index (χ0n) is 21.3. The number of azo groups is 4. The maximum absolute atomic E-state index is 10.6. The second-order valence-corrected chi connectivity index (χ2v) is 8.61. The lowest BCUT2D eigenvalue weighted by Crippen LogP contribution is -1.77. The van der Waals surface area contributed by atoms with Gasteiger partial charge in [-0.15, -0.1) is 5.11 Å². The van der Waals surface area contributed by atoms with Crippen LogP contribution < -0.4 is 0 Å². The van der Waals surface area contributed by atoms with Crippen molar-refractivity contribution in [2.75, 3.05) is 7.05 Å².